The van der Waals surface area contributed by atoms with Crippen molar-refractivity contribution in [3.8, 4) is 0 Å². The largest absolute Gasteiger partial charge is 0.321 e. The Labute approximate surface area is 115 Å². The van der Waals surface area contributed by atoms with Crippen LogP contribution >= 0.6 is 15.9 Å². The molecule has 1 nitrogen and oxygen atoms in total. The van der Waals surface area contributed by atoms with Crippen molar-refractivity contribution in [3.63, 3.8) is 0 Å². The molecule has 2 aromatic carbocycles. The average Bonchev–Trinajstić information content (AvgIpc) is 2.28. The SMILES string of the molecule is CC(N)(Cc1cccc(F)c1)c1ccccc1Br. The Morgan fingerprint density at radius 3 is 2.56 bits per heavy atom. The molecule has 0 radical (unpaired) electrons. The fraction of sp³-hybridized carbons (Fsp3) is 0.200. The van der Waals surface area contributed by atoms with Gasteiger partial charge in [0.1, 0.15) is 5.82 Å². The molecule has 1 atom stereocenters. The van der Waals surface area contributed by atoms with E-state index in [0.29, 0.717) is 6.42 Å². The lowest BCUT2D eigenvalue weighted by Gasteiger charge is -2.26. The predicted octanol–water partition coefficient (Wildman–Crippen LogP) is 4.00. The molecular weight excluding hydrogens is 293 g/mol. The molecule has 0 aliphatic rings. The highest BCUT2D eigenvalue weighted by Gasteiger charge is 2.23. The smallest absolute Gasteiger partial charge is 0.123 e. The zero-order valence-electron chi connectivity index (χ0n) is 10.2. The minimum atomic E-state index is -0.534. The van der Waals surface area contributed by atoms with Crippen molar-refractivity contribution in [2.75, 3.05) is 0 Å². The lowest BCUT2D eigenvalue weighted by atomic mass is 9.86. The molecule has 18 heavy (non-hydrogen) atoms. The van der Waals surface area contributed by atoms with Crippen molar-refractivity contribution in [1.29, 1.82) is 0 Å². The van der Waals surface area contributed by atoms with Gasteiger partial charge in [0.15, 0.2) is 0 Å². The Balaban J connectivity index is 2.30. The highest BCUT2D eigenvalue weighted by molar-refractivity contribution is 9.10. The average molecular weight is 308 g/mol. The third kappa shape index (κ3) is 2.98. The predicted molar refractivity (Wildman–Crippen MR) is 75.8 cm³/mol. The van der Waals surface area contributed by atoms with E-state index in [1.165, 1.54) is 12.1 Å². The molecule has 3 heteroatoms. The standard InChI is InChI=1S/C15H15BrFN/c1-15(18,13-7-2-3-8-14(13)16)10-11-5-4-6-12(17)9-11/h2-9H,10,18H2,1H3. The van der Waals surface area contributed by atoms with Crippen LogP contribution in [0, 0.1) is 5.82 Å². The van der Waals surface area contributed by atoms with E-state index in [1.54, 1.807) is 6.07 Å². The van der Waals surface area contributed by atoms with Crippen molar-refractivity contribution in [3.05, 3.63) is 69.9 Å². The maximum absolute atomic E-state index is 13.2. The van der Waals surface area contributed by atoms with E-state index in [-0.39, 0.29) is 5.82 Å². The molecule has 0 fully saturated rings. The molecule has 94 valence electrons. The Hall–Kier alpha value is -1.19. The van der Waals surface area contributed by atoms with Crippen molar-refractivity contribution < 1.29 is 4.39 Å². The van der Waals surface area contributed by atoms with Gasteiger partial charge in [0, 0.05) is 10.0 Å². The second-order valence-electron chi connectivity index (χ2n) is 4.70. The fourth-order valence-corrected chi connectivity index (χ4v) is 2.83. The summed E-state index contributed by atoms with van der Waals surface area (Å²) in [5.74, 6) is -0.226. The van der Waals surface area contributed by atoms with Crippen LogP contribution in [-0.2, 0) is 12.0 Å². The van der Waals surface area contributed by atoms with Gasteiger partial charge in [-0.15, -0.1) is 0 Å². The highest BCUT2D eigenvalue weighted by atomic mass is 79.9. The van der Waals surface area contributed by atoms with Crippen molar-refractivity contribution in [2.45, 2.75) is 18.9 Å². The number of hydrogen-bond donors (Lipinski definition) is 1. The first-order valence-electron chi connectivity index (χ1n) is 5.77. The summed E-state index contributed by atoms with van der Waals surface area (Å²) in [6.45, 7) is 1.96. The Morgan fingerprint density at radius 1 is 1.17 bits per heavy atom. The summed E-state index contributed by atoms with van der Waals surface area (Å²) in [4.78, 5) is 0. The topological polar surface area (TPSA) is 26.0 Å². The first kappa shape index (κ1) is 13.2. The first-order chi connectivity index (χ1) is 8.49. The first-order valence-corrected chi connectivity index (χ1v) is 6.57. The van der Waals surface area contributed by atoms with Crippen LogP contribution in [0.15, 0.2) is 53.0 Å². The van der Waals surface area contributed by atoms with Crippen LogP contribution in [0.4, 0.5) is 4.39 Å². The molecule has 2 N–H and O–H groups in total. The number of rotatable bonds is 3. The summed E-state index contributed by atoms with van der Waals surface area (Å²) in [7, 11) is 0. The van der Waals surface area contributed by atoms with E-state index in [9.17, 15) is 4.39 Å². The molecule has 0 bridgehead atoms. The molecule has 0 saturated heterocycles. The number of benzene rings is 2. The van der Waals surface area contributed by atoms with Gasteiger partial charge >= 0.3 is 0 Å². The summed E-state index contributed by atoms with van der Waals surface area (Å²) < 4.78 is 14.2. The van der Waals surface area contributed by atoms with Gasteiger partial charge < -0.3 is 5.73 Å². The van der Waals surface area contributed by atoms with Crippen LogP contribution in [0.25, 0.3) is 0 Å². The lowest BCUT2D eigenvalue weighted by Crippen LogP contribution is -2.35. The molecule has 0 heterocycles. The van der Waals surface area contributed by atoms with E-state index in [2.05, 4.69) is 15.9 Å². The Kier molecular flexibility index (Phi) is 3.83. The minimum absolute atomic E-state index is 0.226. The minimum Gasteiger partial charge on any atom is -0.321 e. The molecule has 0 amide bonds. The maximum atomic E-state index is 13.2. The van der Waals surface area contributed by atoms with Crippen LogP contribution in [0.2, 0.25) is 0 Å². The van der Waals surface area contributed by atoms with Crippen LogP contribution < -0.4 is 5.73 Å². The second-order valence-corrected chi connectivity index (χ2v) is 5.56. The van der Waals surface area contributed by atoms with E-state index in [4.69, 9.17) is 5.73 Å². The summed E-state index contributed by atoms with van der Waals surface area (Å²) >= 11 is 3.51. The molecule has 0 aliphatic carbocycles. The fourth-order valence-electron chi connectivity index (χ4n) is 2.09. The van der Waals surface area contributed by atoms with Gasteiger partial charge in [0.2, 0.25) is 0 Å². The van der Waals surface area contributed by atoms with E-state index in [1.807, 2.05) is 37.3 Å². The van der Waals surface area contributed by atoms with E-state index in [0.717, 1.165) is 15.6 Å². The Bertz CT molecular complexity index is 552. The van der Waals surface area contributed by atoms with Gasteiger partial charge in [-0.2, -0.15) is 0 Å². The quantitative estimate of drug-likeness (QED) is 0.911. The van der Waals surface area contributed by atoms with Crippen LogP contribution in [0.5, 0.6) is 0 Å². The van der Waals surface area contributed by atoms with Crippen molar-refractivity contribution >= 4 is 15.9 Å². The van der Waals surface area contributed by atoms with Gasteiger partial charge in [-0.3, -0.25) is 0 Å². The van der Waals surface area contributed by atoms with Gasteiger partial charge in [0.05, 0.1) is 0 Å². The van der Waals surface area contributed by atoms with Gasteiger partial charge in [-0.05, 0) is 42.7 Å². The highest BCUT2D eigenvalue weighted by Crippen LogP contribution is 2.29. The third-order valence-corrected chi connectivity index (χ3v) is 3.64. The van der Waals surface area contributed by atoms with Gasteiger partial charge in [0.25, 0.3) is 0 Å². The van der Waals surface area contributed by atoms with Crippen molar-refractivity contribution in [1.82, 2.24) is 0 Å². The van der Waals surface area contributed by atoms with Gasteiger partial charge in [-0.1, -0.05) is 46.3 Å². The molecule has 2 rings (SSSR count). The summed E-state index contributed by atoms with van der Waals surface area (Å²) in [6, 6.07) is 14.4. The molecule has 1 unspecified atom stereocenters. The van der Waals surface area contributed by atoms with Crippen LogP contribution in [0.1, 0.15) is 18.1 Å². The molecule has 2 aromatic rings. The normalized spacial score (nSPS) is 14.2. The molecule has 0 aromatic heterocycles. The Morgan fingerprint density at radius 2 is 1.89 bits per heavy atom. The lowest BCUT2D eigenvalue weighted by molar-refractivity contribution is 0.487. The second kappa shape index (κ2) is 5.21. The molecule has 0 saturated carbocycles. The van der Waals surface area contributed by atoms with E-state index < -0.39 is 5.54 Å². The zero-order chi connectivity index (χ0) is 13.2. The maximum Gasteiger partial charge on any atom is 0.123 e. The number of nitrogens with two attached hydrogens (primary N) is 1. The third-order valence-electron chi connectivity index (χ3n) is 2.95. The van der Waals surface area contributed by atoms with Crippen molar-refractivity contribution in [2.24, 2.45) is 5.73 Å². The molecular formula is C15H15BrFN. The molecule has 0 spiro atoms. The monoisotopic (exact) mass is 307 g/mol. The summed E-state index contributed by atoms with van der Waals surface area (Å²) in [5, 5.41) is 0. The summed E-state index contributed by atoms with van der Waals surface area (Å²) in [6.07, 6.45) is 0.591. The van der Waals surface area contributed by atoms with Crippen LogP contribution in [-0.4, -0.2) is 0 Å². The number of halogens is 2. The van der Waals surface area contributed by atoms with E-state index >= 15 is 0 Å². The molecule has 0 aliphatic heterocycles. The number of hydrogen-bond acceptors (Lipinski definition) is 1. The van der Waals surface area contributed by atoms with Crippen LogP contribution in [0.3, 0.4) is 0 Å². The zero-order valence-corrected chi connectivity index (χ0v) is 11.7. The summed E-state index contributed by atoms with van der Waals surface area (Å²) in [5.41, 5.74) is 7.76. The van der Waals surface area contributed by atoms with Gasteiger partial charge in [-0.25, -0.2) is 4.39 Å².